The van der Waals surface area contributed by atoms with Crippen LogP contribution in [-0.2, 0) is 19.5 Å². The van der Waals surface area contributed by atoms with Gasteiger partial charge >= 0.3 is 10.4 Å². The second kappa shape index (κ2) is 6.87. The average Bonchev–Trinajstić information content (AvgIpc) is 2.14. The topological polar surface area (TPSA) is 131 Å². The second-order valence-electron chi connectivity index (χ2n) is 3.27. The number of rotatable bonds is 4. The van der Waals surface area contributed by atoms with Gasteiger partial charge in [0.25, 0.3) is 0 Å². The molecular weight excluding hydrogens is 249 g/mol. The van der Waals surface area contributed by atoms with E-state index in [2.05, 4.69) is 15.1 Å². The largest absolute Gasteiger partial charge is 0.413 e. The number of piperidine rings is 1. The SMILES string of the molecule is NC(=O)[C@@H]1CC[C@@H](NOS(=O)(=O)O)CN1.[Na]. The average molecular weight is 262 g/mol. The summed E-state index contributed by atoms with van der Waals surface area (Å²) >= 11 is 0. The van der Waals surface area contributed by atoms with Crippen molar-refractivity contribution >= 4 is 45.9 Å². The molecule has 1 amide bonds. The Labute approximate surface area is 115 Å². The van der Waals surface area contributed by atoms with Crippen molar-refractivity contribution in [3.63, 3.8) is 0 Å². The molecule has 1 aliphatic heterocycles. The molecule has 8 nitrogen and oxygen atoms in total. The Hall–Kier alpha value is 0.260. The summed E-state index contributed by atoms with van der Waals surface area (Å²) in [5.41, 5.74) is 7.24. The molecule has 10 heteroatoms. The predicted octanol–water partition coefficient (Wildman–Crippen LogP) is -2.46. The molecule has 1 saturated heterocycles. The van der Waals surface area contributed by atoms with Crippen molar-refractivity contribution in [1.29, 1.82) is 0 Å². The van der Waals surface area contributed by atoms with E-state index in [1.165, 1.54) is 0 Å². The summed E-state index contributed by atoms with van der Waals surface area (Å²) in [5, 5.41) is 2.81. The van der Waals surface area contributed by atoms with Crippen molar-refractivity contribution in [3.05, 3.63) is 0 Å². The maximum atomic E-state index is 10.8. The first-order valence-electron chi connectivity index (χ1n) is 4.32. The Kier molecular flexibility index (Phi) is 6.98. The van der Waals surface area contributed by atoms with E-state index in [1.807, 2.05) is 0 Å². The van der Waals surface area contributed by atoms with E-state index in [-0.39, 0.29) is 35.6 Å². The quantitative estimate of drug-likeness (QED) is 0.251. The number of carbonyl (C=O) groups excluding carboxylic acids is 1. The first-order valence-corrected chi connectivity index (χ1v) is 5.69. The zero-order valence-electron chi connectivity index (χ0n) is 8.84. The van der Waals surface area contributed by atoms with E-state index in [9.17, 15) is 13.2 Å². The van der Waals surface area contributed by atoms with E-state index in [0.717, 1.165) is 0 Å². The van der Waals surface area contributed by atoms with E-state index >= 15 is 0 Å². The number of nitrogens with one attached hydrogen (secondary N) is 2. The van der Waals surface area contributed by atoms with Gasteiger partial charge in [0.2, 0.25) is 5.91 Å². The smallest absolute Gasteiger partial charge is 0.368 e. The first-order chi connectivity index (χ1) is 6.88. The van der Waals surface area contributed by atoms with Crippen molar-refractivity contribution in [1.82, 2.24) is 10.8 Å². The minimum Gasteiger partial charge on any atom is -0.368 e. The second-order valence-corrected chi connectivity index (χ2v) is 4.29. The molecule has 0 aromatic rings. The van der Waals surface area contributed by atoms with Crippen LogP contribution in [0.4, 0.5) is 0 Å². The summed E-state index contributed by atoms with van der Waals surface area (Å²) in [4.78, 5) is 10.8. The van der Waals surface area contributed by atoms with Gasteiger partial charge in [-0.15, -0.1) is 0 Å². The fraction of sp³-hybridized carbons (Fsp3) is 0.833. The van der Waals surface area contributed by atoms with Gasteiger partial charge in [-0.2, -0.15) is 18.2 Å². The first kappa shape index (κ1) is 16.3. The molecule has 1 aliphatic rings. The third-order valence-electron chi connectivity index (χ3n) is 2.08. The van der Waals surface area contributed by atoms with E-state index < -0.39 is 22.3 Å². The molecule has 0 bridgehead atoms. The van der Waals surface area contributed by atoms with Crippen LogP contribution in [0.25, 0.3) is 0 Å². The summed E-state index contributed by atoms with van der Waals surface area (Å²) in [5.74, 6) is -0.441. The summed E-state index contributed by atoms with van der Waals surface area (Å²) in [6, 6.07) is -0.684. The Morgan fingerprint density at radius 3 is 2.50 bits per heavy atom. The summed E-state index contributed by atoms with van der Waals surface area (Å²) in [6.45, 7) is 0.336. The van der Waals surface area contributed by atoms with Gasteiger partial charge in [-0.3, -0.25) is 9.35 Å². The van der Waals surface area contributed by atoms with E-state index in [1.54, 1.807) is 0 Å². The number of primary amides is 1. The van der Waals surface area contributed by atoms with Crippen LogP contribution >= 0.6 is 0 Å². The van der Waals surface area contributed by atoms with Crippen LogP contribution in [0.2, 0.25) is 0 Å². The zero-order chi connectivity index (χ0) is 11.5. The molecule has 2 atom stereocenters. The van der Waals surface area contributed by atoms with Crippen molar-refractivity contribution in [3.8, 4) is 0 Å². The van der Waals surface area contributed by atoms with Crippen LogP contribution in [0.1, 0.15) is 12.8 Å². The maximum Gasteiger partial charge on any atom is 0.413 e. The Morgan fingerprint density at radius 2 is 2.12 bits per heavy atom. The third kappa shape index (κ3) is 6.11. The summed E-state index contributed by atoms with van der Waals surface area (Å²) < 4.78 is 32.7. The maximum absolute atomic E-state index is 10.8. The molecule has 5 N–H and O–H groups in total. The molecule has 1 fully saturated rings. The van der Waals surface area contributed by atoms with Gasteiger partial charge in [0.15, 0.2) is 0 Å². The van der Waals surface area contributed by atoms with Crippen LogP contribution in [0.3, 0.4) is 0 Å². The van der Waals surface area contributed by atoms with Crippen molar-refractivity contribution in [2.75, 3.05) is 6.54 Å². The molecule has 0 saturated carbocycles. The van der Waals surface area contributed by atoms with Crippen LogP contribution in [0, 0.1) is 0 Å². The molecular formula is C6H13N3NaO5S. The van der Waals surface area contributed by atoms with Gasteiger partial charge in [0, 0.05) is 42.1 Å². The number of hydroxylamine groups is 1. The van der Waals surface area contributed by atoms with Crippen LogP contribution in [0.15, 0.2) is 0 Å². The number of amides is 1. The molecule has 0 unspecified atom stereocenters. The van der Waals surface area contributed by atoms with Gasteiger partial charge in [-0.1, -0.05) is 0 Å². The van der Waals surface area contributed by atoms with Gasteiger partial charge < -0.3 is 11.1 Å². The van der Waals surface area contributed by atoms with Gasteiger partial charge in [0.1, 0.15) is 0 Å². The Bertz CT molecular complexity index is 327. The van der Waals surface area contributed by atoms with Gasteiger partial charge in [-0.25, -0.2) is 0 Å². The number of nitrogens with two attached hydrogens (primary N) is 1. The summed E-state index contributed by atoms with van der Waals surface area (Å²) in [7, 11) is -4.48. The molecule has 0 spiro atoms. The standard InChI is InChI=1S/C6H13N3O5S.Na/c7-6(10)5-2-1-4(3-8-5)9-14-15(11,12)13;/h4-5,8-9H,1-3H2,(H2,7,10)(H,11,12,13);/t4-,5+;/m1./s1. The molecule has 1 rings (SSSR count). The predicted molar refractivity (Wildman–Crippen MR) is 55.5 cm³/mol. The van der Waals surface area contributed by atoms with Gasteiger partial charge in [-0.05, 0) is 12.8 Å². The number of carbonyl (C=O) groups is 1. The molecule has 0 aromatic heterocycles. The van der Waals surface area contributed by atoms with Crippen LogP contribution < -0.4 is 16.5 Å². The minimum absolute atomic E-state index is 0. The van der Waals surface area contributed by atoms with Crippen LogP contribution in [-0.4, -0.2) is 67.1 Å². The number of hydrogen-bond acceptors (Lipinski definition) is 6. The van der Waals surface area contributed by atoms with E-state index in [4.69, 9.17) is 10.3 Å². The van der Waals surface area contributed by atoms with Crippen molar-refractivity contribution in [2.24, 2.45) is 5.73 Å². The fourth-order valence-corrected chi connectivity index (χ4v) is 1.59. The van der Waals surface area contributed by atoms with Gasteiger partial charge in [0.05, 0.1) is 6.04 Å². The third-order valence-corrected chi connectivity index (χ3v) is 2.38. The molecule has 16 heavy (non-hydrogen) atoms. The zero-order valence-corrected chi connectivity index (χ0v) is 11.7. The van der Waals surface area contributed by atoms with Crippen molar-refractivity contribution in [2.45, 2.75) is 24.9 Å². The summed E-state index contributed by atoms with van der Waals surface area (Å²) in [6.07, 6.45) is 1.01. The number of hydrogen-bond donors (Lipinski definition) is 4. The minimum atomic E-state index is -4.48. The monoisotopic (exact) mass is 262 g/mol. The fourth-order valence-electron chi connectivity index (χ4n) is 1.33. The normalized spacial score (nSPS) is 25.8. The molecule has 1 heterocycles. The van der Waals surface area contributed by atoms with Crippen LogP contribution in [0.5, 0.6) is 0 Å². The van der Waals surface area contributed by atoms with E-state index in [0.29, 0.717) is 19.4 Å². The Balaban J connectivity index is 0.00000225. The molecule has 89 valence electrons. The van der Waals surface area contributed by atoms with Crippen molar-refractivity contribution < 1.29 is 22.0 Å². The molecule has 1 radical (unpaired) electrons. The Morgan fingerprint density at radius 1 is 1.50 bits per heavy atom. The molecule has 0 aliphatic carbocycles. The molecule has 0 aromatic carbocycles.